The van der Waals surface area contributed by atoms with E-state index in [0.29, 0.717) is 39.5 Å². The zero-order valence-corrected chi connectivity index (χ0v) is 45.2. The van der Waals surface area contributed by atoms with Crippen LogP contribution in [0.1, 0.15) is 154 Å². The lowest BCUT2D eigenvalue weighted by Gasteiger charge is -2.24. The van der Waals surface area contributed by atoms with Gasteiger partial charge in [0.2, 0.25) is 0 Å². The number of nitrogens with zero attached hydrogens (tertiary/aromatic N) is 2. The highest BCUT2D eigenvalue weighted by molar-refractivity contribution is 6.32. The summed E-state index contributed by atoms with van der Waals surface area (Å²) in [6.45, 7) is 0.0649. The van der Waals surface area contributed by atoms with Crippen molar-refractivity contribution in [1.82, 2.24) is 21.3 Å². The van der Waals surface area contributed by atoms with E-state index in [2.05, 4.69) is 62.2 Å². The Labute approximate surface area is 474 Å². The predicted molar refractivity (Wildman–Crippen MR) is 308 cm³/mol. The summed E-state index contributed by atoms with van der Waals surface area (Å²) in [5, 5.41) is 53.0. The van der Waals surface area contributed by atoms with Crippen molar-refractivity contribution in [3.05, 3.63) is 205 Å². The normalized spacial score (nSPS) is 13.7. The molecule has 1 saturated carbocycles. The highest BCUT2D eigenvalue weighted by Crippen LogP contribution is 2.35. The minimum absolute atomic E-state index is 0.0302. The van der Waals surface area contributed by atoms with E-state index in [0.717, 1.165) is 40.7 Å². The number of carboxylic acids is 2. The molecular weight excluding hydrogens is 1060 g/mol. The highest BCUT2D eigenvalue weighted by Gasteiger charge is 2.22. The summed E-state index contributed by atoms with van der Waals surface area (Å²) in [5.74, 6) is -2.17. The molecule has 0 bridgehead atoms. The third-order valence-corrected chi connectivity index (χ3v) is 14.4. The number of amides is 6. The van der Waals surface area contributed by atoms with E-state index in [1.54, 1.807) is 66.7 Å². The highest BCUT2D eigenvalue weighted by atomic mass is 35.5. The van der Waals surface area contributed by atoms with E-state index in [9.17, 15) is 28.8 Å². The molecule has 8 N–H and O–H groups in total. The lowest BCUT2D eigenvalue weighted by atomic mass is 9.83. The number of nitrogens with one attached hydrogen (secondary N) is 6. The van der Waals surface area contributed by atoms with Crippen LogP contribution in [0.5, 0.6) is 0 Å². The average Bonchev–Trinajstić information content (AvgIpc) is 3.47. The Bertz CT molecular complexity index is 3300. The predicted octanol–water partition coefficient (Wildman–Crippen LogP) is 12.7. The van der Waals surface area contributed by atoms with Gasteiger partial charge in [0.1, 0.15) is 12.1 Å². The molecule has 0 aliphatic heterocycles. The van der Waals surface area contributed by atoms with Gasteiger partial charge in [0, 0.05) is 35.6 Å². The Morgan fingerprint density at radius 2 is 0.963 bits per heavy atom. The summed E-state index contributed by atoms with van der Waals surface area (Å²) >= 11 is 12.2. The maximum absolute atomic E-state index is 13.1. The van der Waals surface area contributed by atoms with Crippen LogP contribution in [0.15, 0.2) is 140 Å². The van der Waals surface area contributed by atoms with Gasteiger partial charge in [0.05, 0.1) is 46.1 Å². The number of carbonyl (C=O) groups is 6. The van der Waals surface area contributed by atoms with E-state index in [-0.39, 0.29) is 47.8 Å². The molecule has 8 rings (SSSR count). The van der Waals surface area contributed by atoms with Crippen LogP contribution in [0.2, 0.25) is 10.0 Å². The Kier molecular flexibility index (Phi) is 21.4. The quantitative estimate of drug-likeness (QED) is 0.0403. The van der Waals surface area contributed by atoms with Gasteiger partial charge in [0.25, 0.3) is 11.8 Å². The summed E-state index contributed by atoms with van der Waals surface area (Å²) in [4.78, 5) is 72.3. The molecule has 0 saturated heterocycles. The fourth-order valence-corrected chi connectivity index (χ4v) is 9.94. The first-order valence-electron chi connectivity index (χ1n) is 26.3. The third kappa shape index (κ3) is 17.0. The zero-order valence-electron chi connectivity index (χ0n) is 43.7. The molecule has 2 aliphatic rings. The summed E-state index contributed by atoms with van der Waals surface area (Å²) in [5.41, 5.74) is 9.31. The largest absolute Gasteiger partial charge is 0.481 e. The second-order valence-corrected chi connectivity index (χ2v) is 20.1. The van der Waals surface area contributed by atoms with Crippen LogP contribution < -0.4 is 31.9 Å². The average molecular weight is 1120 g/mol. The van der Waals surface area contributed by atoms with Crippen LogP contribution in [-0.2, 0) is 9.59 Å². The maximum Gasteiger partial charge on any atom is 0.319 e. The van der Waals surface area contributed by atoms with Crippen molar-refractivity contribution in [3.63, 3.8) is 0 Å². The lowest BCUT2D eigenvalue weighted by Crippen LogP contribution is -2.33. The van der Waals surface area contributed by atoms with Gasteiger partial charge < -0.3 is 42.1 Å². The van der Waals surface area contributed by atoms with Crippen molar-refractivity contribution in [1.29, 1.82) is 10.5 Å². The molecule has 410 valence electrons. The lowest BCUT2D eigenvalue weighted by molar-refractivity contribution is -0.137. The van der Waals surface area contributed by atoms with Gasteiger partial charge in [-0.2, -0.15) is 10.5 Å². The van der Waals surface area contributed by atoms with E-state index in [1.165, 1.54) is 74.3 Å². The van der Waals surface area contributed by atoms with Gasteiger partial charge in [-0.3, -0.25) is 19.2 Å². The molecule has 2 aliphatic carbocycles. The smallest absolute Gasteiger partial charge is 0.319 e. The molecule has 18 heteroatoms. The number of aliphatic carboxylic acids is 2. The van der Waals surface area contributed by atoms with E-state index in [4.69, 9.17) is 43.9 Å². The maximum atomic E-state index is 13.1. The zero-order chi connectivity index (χ0) is 57.0. The number of hydrogen-bond donors (Lipinski definition) is 8. The van der Waals surface area contributed by atoms with E-state index >= 15 is 0 Å². The van der Waals surface area contributed by atoms with Crippen molar-refractivity contribution >= 4 is 76.0 Å². The van der Waals surface area contributed by atoms with Gasteiger partial charge >= 0.3 is 24.0 Å². The molecule has 16 nitrogen and oxygen atoms in total. The molecule has 1 fully saturated rings. The first-order chi connectivity index (χ1) is 38.7. The Hall–Kier alpha value is -8.96. The number of carboxylic acid groups (broad SMARTS) is 2. The van der Waals surface area contributed by atoms with E-state index < -0.39 is 36.1 Å². The monoisotopic (exact) mass is 1110 g/mol. The summed E-state index contributed by atoms with van der Waals surface area (Å²) in [7, 11) is 0. The van der Waals surface area contributed by atoms with Crippen molar-refractivity contribution in [3.8, 4) is 12.1 Å². The van der Waals surface area contributed by atoms with Gasteiger partial charge in [-0.15, -0.1) is 0 Å². The van der Waals surface area contributed by atoms with Crippen molar-refractivity contribution in [2.45, 2.75) is 88.6 Å². The number of nitriles is 2. The first-order valence-corrected chi connectivity index (χ1v) is 27.1. The minimum atomic E-state index is -0.989. The van der Waals surface area contributed by atoms with Crippen molar-refractivity contribution < 1.29 is 39.0 Å². The summed E-state index contributed by atoms with van der Waals surface area (Å²) in [6, 6.07) is 41.3. The molecule has 0 heterocycles. The topological polar surface area (TPSA) is 263 Å². The molecule has 0 spiro atoms. The van der Waals surface area contributed by atoms with Gasteiger partial charge in [-0.25, -0.2) is 9.59 Å². The second-order valence-electron chi connectivity index (χ2n) is 19.3. The molecule has 0 aromatic heterocycles. The van der Waals surface area contributed by atoms with Crippen LogP contribution in [0.3, 0.4) is 0 Å². The number of rotatable bonds is 18. The fourth-order valence-electron chi connectivity index (χ4n) is 9.49. The molecule has 80 heavy (non-hydrogen) atoms. The standard InChI is InChI=1S/C31H31ClN4O4.C31H29ClN4O4/c2*32-27-18-26(15-14-25(27)19-33)35-31(40)36-29(22-8-6-21(7-9-22)20-4-2-1-3-5-20)23-10-12-24(13-11-23)30(39)34-17-16-28(37)38/h6-15,18,20,29H,1-5,16-17H2,(H,34,39)(H,37,38)(H2,35,36,40);4,6-15,18,29H,1-3,5,16-17H2,(H,34,39)(H,37,38)(H2,35,36,40). The molecule has 6 amide bonds. The number of anilines is 2. The molecular formula is C62H60Cl2N8O8. The molecule has 6 aromatic carbocycles. The van der Waals surface area contributed by atoms with E-state index in [1.807, 2.05) is 36.4 Å². The number of halogens is 2. The summed E-state index contributed by atoms with van der Waals surface area (Å²) < 4.78 is 0. The Morgan fingerprint density at radius 1 is 0.537 bits per heavy atom. The number of allylic oxidation sites excluding steroid dienone is 2. The van der Waals surface area contributed by atoms with Gasteiger partial charge in [-0.1, -0.05) is 121 Å². The summed E-state index contributed by atoms with van der Waals surface area (Å²) in [6.07, 6.45) is 12.6. The second kappa shape index (κ2) is 29.1. The molecule has 6 aromatic rings. The van der Waals surface area contributed by atoms with Crippen molar-refractivity contribution in [2.24, 2.45) is 0 Å². The Balaban J connectivity index is 0.000000231. The van der Waals surface area contributed by atoms with Gasteiger partial charge in [0.15, 0.2) is 0 Å². The minimum Gasteiger partial charge on any atom is -0.481 e. The number of benzene rings is 6. The van der Waals surface area contributed by atoms with Crippen LogP contribution in [-0.4, -0.2) is 59.1 Å². The number of carbonyl (C=O) groups excluding carboxylic acids is 4. The molecule has 0 radical (unpaired) electrons. The molecule has 2 unspecified atom stereocenters. The van der Waals surface area contributed by atoms with Gasteiger partial charge in [-0.05, 0) is 144 Å². The van der Waals surface area contributed by atoms with Crippen LogP contribution in [0.4, 0.5) is 21.0 Å². The first kappa shape index (κ1) is 58.7. The van der Waals surface area contributed by atoms with Crippen molar-refractivity contribution in [2.75, 3.05) is 23.7 Å². The van der Waals surface area contributed by atoms with Crippen LogP contribution in [0, 0.1) is 22.7 Å². The van der Waals surface area contributed by atoms with Crippen LogP contribution in [0.25, 0.3) is 5.57 Å². The number of urea groups is 2. The Morgan fingerprint density at radius 3 is 1.35 bits per heavy atom. The SMILES string of the molecule is N#Cc1ccc(NC(=O)NC(c2ccc(C(=O)NCCC(=O)O)cc2)c2ccc(C3=CCCCC3)cc2)cc1Cl.N#Cc1ccc(NC(=O)NC(c2ccc(C(=O)NCCC(=O)O)cc2)c2ccc(C3CCCCC3)cc2)cc1Cl. The molecule has 2 atom stereocenters. The number of hydrogen-bond acceptors (Lipinski definition) is 8. The van der Waals surface area contributed by atoms with Crippen LogP contribution >= 0.6 is 23.2 Å². The third-order valence-electron chi connectivity index (χ3n) is 13.8. The fraction of sp³-hybridized carbons (Fsp3) is 0.258.